The zero-order chi connectivity index (χ0) is 13.8. The van der Waals surface area contributed by atoms with Crippen molar-refractivity contribution in [3.8, 4) is 17.3 Å². The van der Waals surface area contributed by atoms with Crippen molar-refractivity contribution < 1.29 is 5.11 Å². The van der Waals surface area contributed by atoms with Crippen LogP contribution >= 0.6 is 11.8 Å². The van der Waals surface area contributed by atoms with Gasteiger partial charge in [-0.1, -0.05) is 23.8 Å². The summed E-state index contributed by atoms with van der Waals surface area (Å²) in [7, 11) is 0. The second-order valence-electron chi connectivity index (χ2n) is 4.19. The molecule has 19 heavy (non-hydrogen) atoms. The third-order valence-corrected chi connectivity index (χ3v) is 3.54. The monoisotopic (exact) mass is 270 g/mol. The molecule has 1 heterocycles. The minimum Gasteiger partial charge on any atom is -0.392 e. The van der Waals surface area contributed by atoms with Gasteiger partial charge in [0.05, 0.1) is 17.9 Å². The topological polar surface area (TPSA) is 56.9 Å². The van der Waals surface area contributed by atoms with Crippen molar-refractivity contribution in [2.75, 3.05) is 6.26 Å². The maximum absolute atomic E-state index is 9.48. The number of benzene rings is 1. The van der Waals surface area contributed by atoms with Crippen LogP contribution in [0.1, 0.15) is 16.7 Å². The highest BCUT2D eigenvalue weighted by Gasteiger charge is 2.12. The average Bonchev–Trinajstić information content (AvgIpc) is 2.45. The van der Waals surface area contributed by atoms with Crippen LogP contribution in [0.5, 0.6) is 0 Å². The van der Waals surface area contributed by atoms with Gasteiger partial charge in [0.2, 0.25) is 0 Å². The zero-order valence-corrected chi connectivity index (χ0v) is 11.7. The van der Waals surface area contributed by atoms with E-state index in [-0.39, 0.29) is 6.61 Å². The number of aromatic nitrogens is 1. The predicted octanol–water partition coefficient (Wildman–Crippen LogP) is 3.14. The highest BCUT2D eigenvalue weighted by Crippen LogP contribution is 2.28. The number of aliphatic hydroxyl groups is 1. The molecule has 0 aliphatic heterocycles. The Balaban J connectivity index is 2.66. The van der Waals surface area contributed by atoms with Crippen molar-refractivity contribution in [2.45, 2.75) is 18.6 Å². The molecular formula is C15H14N2OS. The van der Waals surface area contributed by atoms with Crippen LogP contribution in [0.4, 0.5) is 0 Å². The smallest absolute Gasteiger partial charge is 0.114 e. The van der Waals surface area contributed by atoms with E-state index in [2.05, 4.69) is 11.1 Å². The van der Waals surface area contributed by atoms with Crippen molar-refractivity contribution in [1.29, 1.82) is 5.26 Å². The number of hydrogen-bond donors (Lipinski definition) is 1. The lowest BCUT2D eigenvalue weighted by molar-refractivity contribution is 0.282. The second-order valence-corrected chi connectivity index (χ2v) is 4.99. The van der Waals surface area contributed by atoms with Crippen molar-refractivity contribution in [3.63, 3.8) is 0 Å². The number of aliphatic hydroxyl groups excluding tert-OH is 1. The van der Waals surface area contributed by atoms with Crippen LogP contribution in [0.25, 0.3) is 11.3 Å². The fourth-order valence-electron chi connectivity index (χ4n) is 1.94. The lowest BCUT2D eigenvalue weighted by Crippen LogP contribution is -1.98. The Morgan fingerprint density at radius 3 is 2.74 bits per heavy atom. The Labute approximate surface area is 116 Å². The molecule has 4 heteroatoms. The molecule has 1 aromatic carbocycles. The van der Waals surface area contributed by atoms with E-state index >= 15 is 0 Å². The fourth-order valence-corrected chi connectivity index (χ4v) is 2.44. The molecule has 0 aliphatic carbocycles. The average molecular weight is 270 g/mol. The van der Waals surface area contributed by atoms with Gasteiger partial charge in [-0.05, 0) is 25.3 Å². The summed E-state index contributed by atoms with van der Waals surface area (Å²) in [4.78, 5) is 4.52. The Kier molecular flexibility index (Phi) is 4.20. The minimum atomic E-state index is -0.125. The van der Waals surface area contributed by atoms with E-state index in [0.717, 1.165) is 16.8 Å². The molecule has 1 N–H and O–H groups in total. The molecule has 1 aromatic heterocycles. The number of hydrogen-bond acceptors (Lipinski definition) is 4. The lowest BCUT2D eigenvalue weighted by Gasteiger charge is -2.10. The third kappa shape index (κ3) is 2.78. The maximum Gasteiger partial charge on any atom is 0.114 e. The number of aryl methyl sites for hydroxylation is 1. The van der Waals surface area contributed by atoms with Crippen LogP contribution < -0.4 is 0 Å². The summed E-state index contributed by atoms with van der Waals surface area (Å²) in [5, 5.41) is 19.3. The van der Waals surface area contributed by atoms with Gasteiger partial charge >= 0.3 is 0 Å². The van der Waals surface area contributed by atoms with E-state index in [1.807, 2.05) is 37.4 Å². The fraction of sp³-hybridized carbons (Fsp3) is 0.200. The van der Waals surface area contributed by atoms with Crippen molar-refractivity contribution in [3.05, 3.63) is 47.0 Å². The summed E-state index contributed by atoms with van der Waals surface area (Å²) in [6.07, 6.45) is 1.89. The molecule has 3 nitrogen and oxygen atoms in total. The van der Waals surface area contributed by atoms with Gasteiger partial charge in [-0.25, -0.2) is 4.98 Å². The van der Waals surface area contributed by atoms with E-state index in [1.165, 1.54) is 11.8 Å². The molecule has 0 aliphatic rings. The second kappa shape index (κ2) is 5.87. The van der Waals surface area contributed by atoms with Gasteiger partial charge in [-0.2, -0.15) is 5.26 Å². The highest BCUT2D eigenvalue weighted by atomic mass is 32.2. The maximum atomic E-state index is 9.48. The van der Waals surface area contributed by atoms with Crippen LogP contribution in [0.2, 0.25) is 0 Å². The summed E-state index contributed by atoms with van der Waals surface area (Å²) >= 11 is 1.44. The molecule has 0 amide bonds. The SMILES string of the molecule is CSc1nc(-c2cccc(C)c2)c(CO)cc1C#N. The molecule has 0 saturated heterocycles. The van der Waals surface area contributed by atoms with Crippen molar-refractivity contribution in [1.82, 2.24) is 4.98 Å². The van der Waals surface area contributed by atoms with Gasteiger partial charge in [0.1, 0.15) is 11.1 Å². The first-order chi connectivity index (χ1) is 9.19. The minimum absolute atomic E-state index is 0.125. The number of pyridine rings is 1. The van der Waals surface area contributed by atoms with Gasteiger partial charge in [0.25, 0.3) is 0 Å². The number of rotatable bonds is 3. The highest BCUT2D eigenvalue weighted by molar-refractivity contribution is 7.98. The summed E-state index contributed by atoms with van der Waals surface area (Å²) in [6, 6.07) is 11.8. The van der Waals surface area contributed by atoms with Crippen LogP contribution in [-0.2, 0) is 6.61 Å². The van der Waals surface area contributed by atoms with Crippen LogP contribution in [-0.4, -0.2) is 16.3 Å². The van der Waals surface area contributed by atoms with Crippen molar-refractivity contribution in [2.24, 2.45) is 0 Å². The largest absolute Gasteiger partial charge is 0.392 e. The van der Waals surface area contributed by atoms with Gasteiger partial charge < -0.3 is 5.11 Å². The van der Waals surface area contributed by atoms with Gasteiger partial charge in [0, 0.05) is 11.1 Å². The summed E-state index contributed by atoms with van der Waals surface area (Å²) in [5.74, 6) is 0. The van der Waals surface area contributed by atoms with E-state index in [9.17, 15) is 5.11 Å². The summed E-state index contributed by atoms with van der Waals surface area (Å²) in [5.41, 5.74) is 4.03. The Morgan fingerprint density at radius 2 is 2.16 bits per heavy atom. The molecule has 0 saturated carbocycles. The first kappa shape index (κ1) is 13.6. The molecule has 0 fully saturated rings. The molecule has 96 valence electrons. The number of nitriles is 1. The molecule has 0 spiro atoms. The molecule has 2 aromatic rings. The van der Waals surface area contributed by atoms with Crippen LogP contribution in [0.15, 0.2) is 35.4 Å². The van der Waals surface area contributed by atoms with Gasteiger partial charge in [0.15, 0.2) is 0 Å². The molecular weight excluding hydrogens is 256 g/mol. The Hall–Kier alpha value is -1.83. The Morgan fingerprint density at radius 1 is 1.37 bits per heavy atom. The van der Waals surface area contributed by atoms with Gasteiger partial charge in [-0.3, -0.25) is 0 Å². The zero-order valence-electron chi connectivity index (χ0n) is 10.8. The standard InChI is InChI=1S/C15H14N2OS/c1-10-4-3-5-11(6-10)14-13(9-18)7-12(8-16)15(17-14)19-2/h3-7,18H,9H2,1-2H3. The molecule has 0 radical (unpaired) electrons. The number of nitrogens with zero attached hydrogens (tertiary/aromatic N) is 2. The summed E-state index contributed by atoms with van der Waals surface area (Å²) < 4.78 is 0. The molecule has 0 atom stereocenters. The quantitative estimate of drug-likeness (QED) is 0.870. The molecule has 2 rings (SSSR count). The molecule has 0 bridgehead atoms. The van der Waals surface area contributed by atoms with E-state index in [1.54, 1.807) is 6.07 Å². The normalized spacial score (nSPS) is 10.2. The van der Waals surface area contributed by atoms with E-state index in [4.69, 9.17) is 5.26 Å². The van der Waals surface area contributed by atoms with Crippen LogP contribution in [0, 0.1) is 18.3 Å². The Bertz CT molecular complexity index is 647. The number of thioether (sulfide) groups is 1. The molecule has 0 unspecified atom stereocenters. The summed E-state index contributed by atoms with van der Waals surface area (Å²) in [6.45, 7) is 1.89. The lowest BCUT2D eigenvalue weighted by atomic mass is 10.0. The van der Waals surface area contributed by atoms with Crippen LogP contribution in [0.3, 0.4) is 0 Å². The first-order valence-electron chi connectivity index (χ1n) is 5.85. The van der Waals surface area contributed by atoms with E-state index in [0.29, 0.717) is 16.2 Å². The first-order valence-corrected chi connectivity index (χ1v) is 7.08. The third-order valence-electron chi connectivity index (χ3n) is 2.84. The van der Waals surface area contributed by atoms with Gasteiger partial charge in [-0.15, -0.1) is 11.8 Å². The van der Waals surface area contributed by atoms with E-state index < -0.39 is 0 Å². The predicted molar refractivity (Wildman–Crippen MR) is 76.8 cm³/mol. The van der Waals surface area contributed by atoms with Crippen molar-refractivity contribution >= 4 is 11.8 Å².